The van der Waals surface area contributed by atoms with Gasteiger partial charge in [0.05, 0.1) is 11.4 Å². The number of benzene rings is 1. The summed E-state index contributed by atoms with van der Waals surface area (Å²) in [5.74, 6) is 0.440. The van der Waals surface area contributed by atoms with Gasteiger partial charge in [0.2, 0.25) is 5.91 Å². The van der Waals surface area contributed by atoms with E-state index in [4.69, 9.17) is 5.73 Å². The molecule has 2 rings (SSSR count). The van der Waals surface area contributed by atoms with Crippen LogP contribution in [0.3, 0.4) is 0 Å². The highest BCUT2D eigenvalue weighted by Gasteiger charge is 2.09. The first kappa shape index (κ1) is 14.8. The Morgan fingerprint density at radius 3 is 2.85 bits per heavy atom. The van der Waals surface area contributed by atoms with Crippen molar-refractivity contribution >= 4 is 45.1 Å². The fourth-order valence-corrected chi connectivity index (χ4v) is 2.76. The molecule has 1 amide bonds. The molecule has 0 radical (unpaired) electrons. The molecule has 5 nitrogen and oxygen atoms in total. The lowest BCUT2D eigenvalue weighted by atomic mass is 10.2. The van der Waals surface area contributed by atoms with Gasteiger partial charge in [-0.1, -0.05) is 17.8 Å². The summed E-state index contributed by atoms with van der Waals surface area (Å²) in [6.07, 6.45) is 3.07. The lowest BCUT2D eigenvalue weighted by Crippen LogP contribution is -2.14. The van der Waals surface area contributed by atoms with Crippen LogP contribution >= 0.6 is 27.7 Å². The maximum atomic E-state index is 11.9. The van der Waals surface area contributed by atoms with Gasteiger partial charge in [-0.2, -0.15) is 0 Å². The quantitative estimate of drug-likeness (QED) is 0.826. The van der Waals surface area contributed by atoms with Gasteiger partial charge in [-0.25, -0.2) is 9.97 Å². The Labute approximate surface area is 129 Å². The Bertz CT molecular complexity index is 636. The second kappa shape index (κ2) is 6.71. The van der Waals surface area contributed by atoms with Crippen molar-refractivity contribution in [3.63, 3.8) is 0 Å². The predicted molar refractivity (Wildman–Crippen MR) is 84.7 cm³/mol. The van der Waals surface area contributed by atoms with Crippen LogP contribution in [0.2, 0.25) is 0 Å². The molecule has 0 spiro atoms. The van der Waals surface area contributed by atoms with Gasteiger partial charge < -0.3 is 11.1 Å². The molecule has 0 aliphatic rings. The maximum absolute atomic E-state index is 11.9. The van der Waals surface area contributed by atoms with Crippen molar-refractivity contribution in [1.29, 1.82) is 0 Å². The van der Waals surface area contributed by atoms with Gasteiger partial charge in [0.25, 0.3) is 0 Å². The Balaban J connectivity index is 1.94. The number of halogens is 1. The van der Waals surface area contributed by atoms with Gasteiger partial charge in [0, 0.05) is 16.9 Å². The fourth-order valence-electron chi connectivity index (χ4n) is 1.49. The molecule has 3 N–H and O–H groups in total. The van der Waals surface area contributed by atoms with Gasteiger partial charge in [-0.3, -0.25) is 4.79 Å². The number of hydrogen-bond acceptors (Lipinski definition) is 5. The number of hydrogen-bond donors (Lipinski definition) is 2. The van der Waals surface area contributed by atoms with Crippen LogP contribution in [0.5, 0.6) is 0 Å². The average molecular weight is 353 g/mol. The predicted octanol–water partition coefficient (Wildman–Crippen LogP) is 2.86. The molecular formula is C13H13BrN4OS. The minimum atomic E-state index is -0.121. The molecule has 0 atom stereocenters. The monoisotopic (exact) mass is 352 g/mol. The zero-order chi connectivity index (χ0) is 14.5. The highest BCUT2D eigenvalue weighted by molar-refractivity contribution is 9.10. The highest BCUT2D eigenvalue weighted by Crippen LogP contribution is 2.24. The fraction of sp³-hybridized carbons (Fsp3) is 0.154. The largest absolute Gasteiger partial charge is 0.381 e. The number of anilines is 2. The number of nitrogen functional groups attached to an aromatic ring is 1. The summed E-state index contributed by atoms with van der Waals surface area (Å²) in [4.78, 5) is 19.9. The first-order chi connectivity index (χ1) is 9.56. The minimum absolute atomic E-state index is 0.121. The summed E-state index contributed by atoms with van der Waals surface area (Å²) >= 11 is 4.68. The molecule has 1 aromatic carbocycles. The van der Waals surface area contributed by atoms with Gasteiger partial charge in [0.15, 0.2) is 5.82 Å². The number of aromatic nitrogens is 2. The number of thioether (sulfide) groups is 1. The molecule has 7 heteroatoms. The third-order valence-electron chi connectivity index (χ3n) is 2.43. The van der Waals surface area contributed by atoms with E-state index in [1.807, 2.05) is 25.1 Å². The number of nitrogens with two attached hydrogens (primary N) is 1. The van der Waals surface area contributed by atoms with Crippen molar-refractivity contribution in [1.82, 2.24) is 9.97 Å². The van der Waals surface area contributed by atoms with E-state index in [0.29, 0.717) is 10.8 Å². The van der Waals surface area contributed by atoms with Crippen LogP contribution in [0.25, 0.3) is 0 Å². The zero-order valence-electron chi connectivity index (χ0n) is 10.8. The molecule has 20 heavy (non-hydrogen) atoms. The molecule has 0 aliphatic heterocycles. The molecule has 0 saturated carbocycles. The molecule has 1 heterocycles. The molecule has 0 saturated heterocycles. The maximum Gasteiger partial charge on any atom is 0.234 e. The van der Waals surface area contributed by atoms with Crippen LogP contribution < -0.4 is 11.1 Å². The second-order valence-electron chi connectivity index (χ2n) is 4.07. The first-order valence-electron chi connectivity index (χ1n) is 5.81. The molecule has 0 aliphatic carbocycles. The first-order valence-corrected chi connectivity index (χ1v) is 7.59. The number of amides is 1. The van der Waals surface area contributed by atoms with E-state index in [2.05, 4.69) is 31.2 Å². The molecule has 104 valence electrons. The Hall–Kier alpha value is -1.60. The van der Waals surface area contributed by atoms with Crippen molar-refractivity contribution in [2.75, 3.05) is 16.8 Å². The summed E-state index contributed by atoms with van der Waals surface area (Å²) in [5, 5.41) is 3.39. The van der Waals surface area contributed by atoms with E-state index >= 15 is 0 Å². The van der Waals surface area contributed by atoms with E-state index in [9.17, 15) is 4.79 Å². The number of aryl methyl sites for hydroxylation is 1. The van der Waals surface area contributed by atoms with Crippen molar-refractivity contribution in [3.05, 3.63) is 40.6 Å². The van der Waals surface area contributed by atoms with Gasteiger partial charge >= 0.3 is 0 Å². The summed E-state index contributed by atoms with van der Waals surface area (Å²) < 4.78 is 0.856. The van der Waals surface area contributed by atoms with E-state index in [-0.39, 0.29) is 11.7 Å². The molecule has 2 aromatic rings. The lowest BCUT2D eigenvalue weighted by molar-refractivity contribution is -0.113. The van der Waals surface area contributed by atoms with Crippen LogP contribution in [0.1, 0.15) is 5.56 Å². The molecular weight excluding hydrogens is 340 g/mol. The summed E-state index contributed by atoms with van der Waals surface area (Å²) in [6, 6.07) is 5.75. The van der Waals surface area contributed by atoms with Crippen LogP contribution in [0, 0.1) is 6.92 Å². The van der Waals surface area contributed by atoms with E-state index in [0.717, 1.165) is 15.7 Å². The van der Waals surface area contributed by atoms with Crippen LogP contribution in [0.4, 0.5) is 11.5 Å². The van der Waals surface area contributed by atoms with Gasteiger partial charge in [0.1, 0.15) is 5.03 Å². The molecule has 0 unspecified atom stereocenters. The smallest absolute Gasteiger partial charge is 0.234 e. The summed E-state index contributed by atoms with van der Waals surface area (Å²) in [7, 11) is 0. The van der Waals surface area contributed by atoms with E-state index < -0.39 is 0 Å². The summed E-state index contributed by atoms with van der Waals surface area (Å²) in [6.45, 7) is 1.99. The Morgan fingerprint density at radius 1 is 1.40 bits per heavy atom. The molecule has 0 fully saturated rings. The zero-order valence-corrected chi connectivity index (χ0v) is 13.2. The highest BCUT2D eigenvalue weighted by atomic mass is 79.9. The number of nitrogens with one attached hydrogen (secondary N) is 1. The van der Waals surface area contributed by atoms with E-state index in [1.54, 1.807) is 6.20 Å². The van der Waals surface area contributed by atoms with Crippen LogP contribution in [-0.4, -0.2) is 21.6 Å². The van der Waals surface area contributed by atoms with Crippen molar-refractivity contribution in [2.45, 2.75) is 11.9 Å². The molecule has 1 aromatic heterocycles. The number of nitrogens with zero attached hydrogens (tertiary/aromatic N) is 2. The number of carbonyl (C=O) groups excluding carboxylic acids is 1. The third-order valence-corrected chi connectivity index (χ3v) is 4.08. The van der Waals surface area contributed by atoms with Crippen LogP contribution in [0.15, 0.2) is 40.1 Å². The third kappa shape index (κ3) is 3.94. The van der Waals surface area contributed by atoms with Crippen molar-refractivity contribution in [2.24, 2.45) is 0 Å². The minimum Gasteiger partial charge on any atom is -0.381 e. The second-order valence-corrected chi connectivity index (χ2v) is 5.89. The van der Waals surface area contributed by atoms with Crippen molar-refractivity contribution < 1.29 is 4.79 Å². The standard InChI is InChI=1S/C13H13BrN4OS/c1-8-2-3-10(9(14)6-8)18-11(19)7-20-13-12(15)16-4-5-17-13/h2-6H,7H2,1H3,(H2,15,16)(H,18,19). The van der Waals surface area contributed by atoms with Gasteiger partial charge in [-0.05, 0) is 40.5 Å². The molecule has 0 bridgehead atoms. The van der Waals surface area contributed by atoms with Crippen molar-refractivity contribution in [3.8, 4) is 0 Å². The SMILES string of the molecule is Cc1ccc(NC(=O)CSc2nccnc2N)c(Br)c1. The normalized spacial score (nSPS) is 10.3. The number of carbonyl (C=O) groups is 1. The van der Waals surface area contributed by atoms with Crippen LogP contribution in [-0.2, 0) is 4.79 Å². The summed E-state index contributed by atoms with van der Waals surface area (Å²) in [5.41, 5.74) is 7.53. The topological polar surface area (TPSA) is 80.9 Å². The lowest BCUT2D eigenvalue weighted by Gasteiger charge is -2.08. The Morgan fingerprint density at radius 2 is 2.15 bits per heavy atom. The number of rotatable bonds is 4. The van der Waals surface area contributed by atoms with Gasteiger partial charge in [-0.15, -0.1) is 0 Å². The Kier molecular flexibility index (Phi) is 4.97. The van der Waals surface area contributed by atoms with E-state index in [1.165, 1.54) is 18.0 Å². The average Bonchev–Trinajstić information content (AvgIpc) is 2.41.